The van der Waals surface area contributed by atoms with Crippen molar-refractivity contribution in [2.75, 3.05) is 36.5 Å². The van der Waals surface area contributed by atoms with E-state index in [1.54, 1.807) is 4.90 Å². The molecule has 0 spiro atoms. The summed E-state index contributed by atoms with van der Waals surface area (Å²) in [7, 11) is 0. The van der Waals surface area contributed by atoms with Crippen LogP contribution in [0.4, 0.5) is 33.3 Å². The van der Waals surface area contributed by atoms with Crippen LogP contribution >= 0.6 is 11.6 Å². The van der Waals surface area contributed by atoms with Crippen molar-refractivity contribution in [3.05, 3.63) is 46.5 Å². The van der Waals surface area contributed by atoms with E-state index in [0.29, 0.717) is 17.7 Å². The maximum atomic E-state index is 14.5. The van der Waals surface area contributed by atoms with Crippen molar-refractivity contribution in [3.8, 4) is 11.5 Å². The fourth-order valence-corrected chi connectivity index (χ4v) is 4.32. The van der Waals surface area contributed by atoms with Gasteiger partial charge in [-0.3, -0.25) is 4.79 Å². The van der Waals surface area contributed by atoms with Crippen molar-refractivity contribution < 1.29 is 41.3 Å². The third kappa shape index (κ3) is 5.90. The lowest BCUT2D eigenvalue weighted by molar-refractivity contribution is -0.153. The van der Waals surface area contributed by atoms with Crippen LogP contribution in [0, 0.1) is 11.6 Å². The summed E-state index contributed by atoms with van der Waals surface area (Å²) in [6.07, 6.45) is -3.74. The minimum absolute atomic E-state index is 0.0119. The molecule has 12 heteroatoms. The van der Waals surface area contributed by atoms with E-state index in [2.05, 4.69) is 5.32 Å². The van der Waals surface area contributed by atoms with Crippen LogP contribution < -0.4 is 19.7 Å². The molecule has 4 rings (SSSR count). The second kappa shape index (κ2) is 9.69. The molecule has 0 atom stereocenters. The lowest BCUT2D eigenvalue weighted by Crippen LogP contribution is -2.48. The third-order valence-electron chi connectivity index (χ3n) is 6.01. The van der Waals surface area contributed by atoms with Gasteiger partial charge in [0, 0.05) is 31.1 Å². The first-order valence-corrected chi connectivity index (χ1v) is 11.2. The molecule has 1 amide bonds. The maximum Gasteiger partial charge on any atom is 0.422 e. The number of benzene rings is 2. The highest BCUT2D eigenvalue weighted by Gasteiger charge is 2.35. The number of amides is 1. The summed E-state index contributed by atoms with van der Waals surface area (Å²) in [5.74, 6) is -1.53. The van der Waals surface area contributed by atoms with Crippen LogP contribution in [0.1, 0.15) is 24.8 Å². The number of alkyl halides is 3. The Morgan fingerprint density at radius 1 is 1.06 bits per heavy atom. The maximum absolute atomic E-state index is 14.5. The highest BCUT2D eigenvalue weighted by molar-refractivity contribution is 6.32. The van der Waals surface area contributed by atoms with E-state index in [0.717, 1.165) is 12.1 Å². The molecule has 0 unspecified atom stereocenters. The van der Waals surface area contributed by atoms with Gasteiger partial charge in [-0.15, -0.1) is 0 Å². The average molecular weight is 521 g/mol. The fraction of sp³-hybridized carbons (Fsp3) is 0.435. The van der Waals surface area contributed by atoms with E-state index in [1.165, 1.54) is 12.1 Å². The van der Waals surface area contributed by atoms with E-state index >= 15 is 0 Å². The van der Waals surface area contributed by atoms with E-state index in [9.17, 15) is 31.9 Å². The van der Waals surface area contributed by atoms with Crippen molar-refractivity contribution in [2.24, 2.45) is 0 Å². The highest BCUT2D eigenvalue weighted by atomic mass is 35.5. The molecule has 2 aliphatic heterocycles. The number of ether oxygens (including phenoxy) is 2. The van der Waals surface area contributed by atoms with Crippen LogP contribution in [-0.4, -0.2) is 49.1 Å². The van der Waals surface area contributed by atoms with Gasteiger partial charge in [0.1, 0.15) is 35.3 Å². The Kier molecular flexibility index (Phi) is 7.01. The molecule has 6 nitrogen and oxygen atoms in total. The minimum atomic E-state index is -4.57. The van der Waals surface area contributed by atoms with Crippen molar-refractivity contribution in [1.29, 1.82) is 0 Å². The fourth-order valence-electron chi connectivity index (χ4n) is 4.11. The number of rotatable bonds is 6. The summed E-state index contributed by atoms with van der Waals surface area (Å²) in [6.45, 7) is -1.30. The molecule has 1 fully saturated rings. The standard InChI is InChI=1S/C23H22ClF5N2O4/c24-14-9-16(26)17(10-19(14)35-12-23(27,28)29)31-7-5-22(33,6-8-31)11-34-18-3-2-15(25)21-13(18)1-4-20(32)30-21/h2-3,9-10,33H,1,4-8,11-12H2,(H,30,32). The number of carbonyl (C=O) groups excluding carboxylic acids is 1. The third-order valence-corrected chi connectivity index (χ3v) is 6.30. The predicted molar refractivity (Wildman–Crippen MR) is 118 cm³/mol. The number of aliphatic hydroxyl groups is 1. The monoisotopic (exact) mass is 520 g/mol. The first-order chi connectivity index (χ1) is 16.4. The Labute approximate surface area is 202 Å². The molecule has 190 valence electrons. The Morgan fingerprint density at radius 2 is 1.77 bits per heavy atom. The van der Waals surface area contributed by atoms with Crippen LogP contribution in [0.15, 0.2) is 24.3 Å². The van der Waals surface area contributed by atoms with Crippen LogP contribution in [0.2, 0.25) is 5.02 Å². The van der Waals surface area contributed by atoms with Gasteiger partial charge >= 0.3 is 6.18 Å². The highest BCUT2D eigenvalue weighted by Crippen LogP contribution is 2.37. The van der Waals surface area contributed by atoms with Crippen molar-refractivity contribution in [3.63, 3.8) is 0 Å². The Bertz CT molecular complexity index is 1120. The van der Waals surface area contributed by atoms with E-state index in [-0.39, 0.29) is 67.0 Å². The molecule has 0 bridgehead atoms. The number of hydrogen-bond acceptors (Lipinski definition) is 5. The van der Waals surface area contributed by atoms with Gasteiger partial charge < -0.3 is 24.8 Å². The quantitative estimate of drug-likeness (QED) is 0.533. The average Bonchev–Trinajstić information content (AvgIpc) is 2.79. The number of piperidine rings is 1. The second-order valence-corrected chi connectivity index (χ2v) is 8.99. The summed E-state index contributed by atoms with van der Waals surface area (Å²) in [4.78, 5) is 13.2. The van der Waals surface area contributed by atoms with Crippen molar-refractivity contribution in [1.82, 2.24) is 0 Å². The molecule has 2 N–H and O–H groups in total. The zero-order chi connectivity index (χ0) is 25.4. The van der Waals surface area contributed by atoms with Gasteiger partial charge in [-0.1, -0.05) is 11.6 Å². The van der Waals surface area contributed by atoms with Gasteiger partial charge in [0.05, 0.1) is 16.4 Å². The molecule has 0 aliphatic carbocycles. The molecule has 1 saturated heterocycles. The molecule has 2 aliphatic rings. The Hall–Kier alpha value is -2.79. The lowest BCUT2D eigenvalue weighted by atomic mass is 9.92. The van der Waals surface area contributed by atoms with Crippen LogP contribution in [0.5, 0.6) is 11.5 Å². The van der Waals surface area contributed by atoms with Gasteiger partial charge in [0.2, 0.25) is 5.91 Å². The largest absolute Gasteiger partial charge is 0.490 e. The summed E-state index contributed by atoms with van der Waals surface area (Å²) in [6, 6.07) is 4.62. The summed E-state index contributed by atoms with van der Waals surface area (Å²) >= 11 is 5.83. The number of nitrogens with one attached hydrogen (secondary N) is 1. The zero-order valence-corrected chi connectivity index (χ0v) is 19.1. The number of hydrogen-bond donors (Lipinski definition) is 2. The number of nitrogens with zero attached hydrogens (tertiary/aromatic N) is 1. The first-order valence-electron chi connectivity index (χ1n) is 10.8. The van der Waals surface area contributed by atoms with Gasteiger partial charge in [0.15, 0.2) is 6.61 Å². The predicted octanol–water partition coefficient (Wildman–Crippen LogP) is 4.85. The van der Waals surface area contributed by atoms with Gasteiger partial charge in [-0.2, -0.15) is 13.2 Å². The number of fused-ring (bicyclic) bond motifs is 1. The molecule has 2 aromatic carbocycles. The molecule has 0 aromatic heterocycles. The second-order valence-electron chi connectivity index (χ2n) is 8.59. The molecule has 2 heterocycles. The van der Waals surface area contributed by atoms with Gasteiger partial charge in [-0.05, 0) is 37.5 Å². The molecule has 0 saturated carbocycles. The van der Waals surface area contributed by atoms with Crippen molar-refractivity contribution in [2.45, 2.75) is 37.5 Å². The molecule has 35 heavy (non-hydrogen) atoms. The van der Waals surface area contributed by atoms with Crippen molar-refractivity contribution >= 4 is 28.9 Å². The summed E-state index contributed by atoms with van der Waals surface area (Å²) in [5, 5.41) is 13.2. The normalized spacial score (nSPS) is 17.6. The van der Waals surface area contributed by atoms with Gasteiger partial charge in [0.25, 0.3) is 0 Å². The van der Waals surface area contributed by atoms with E-state index < -0.39 is 30.0 Å². The van der Waals surface area contributed by atoms with Crippen LogP contribution in [0.3, 0.4) is 0 Å². The topological polar surface area (TPSA) is 71.0 Å². The smallest absolute Gasteiger partial charge is 0.422 e. The number of carbonyl (C=O) groups is 1. The Morgan fingerprint density at radius 3 is 2.46 bits per heavy atom. The van der Waals surface area contributed by atoms with Crippen LogP contribution in [-0.2, 0) is 11.2 Å². The molecular formula is C23H22ClF5N2O4. The Balaban J connectivity index is 1.41. The number of anilines is 2. The van der Waals surface area contributed by atoms with E-state index in [1.807, 2.05) is 0 Å². The van der Waals surface area contributed by atoms with E-state index in [4.69, 9.17) is 21.1 Å². The molecule has 0 radical (unpaired) electrons. The summed E-state index contributed by atoms with van der Waals surface area (Å²) in [5.41, 5.74) is -0.672. The SMILES string of the molecule is O=C1CCc2c(OCC3(O)CCN(c4cc(OCC(F)(F)F)c(Cl)cc4F)CC3)ccc(F)c2N1. The zero-order valence-electron chi connectivity index (χ0n) is 18.4. The van der Waals surface area contributed by atoms with Crippen LogP contribution in [0.25, 0.3) is 0 Å². The molecule has 2 aromatic rings. The van der Waals surface area contributed by atoms with Gasteiger partial charge in [-0.25, -0.2) is 8.78 Å². The number of halogens is 6. The minimum Gasteiger partial charge on any atom is -0.490 e. The lowest BCUT2D eigenvalue weighted by Gasteiger charge is -2.39. The first kappa shape index (κ1) is 25.3. The molecular weight excluding hydrogens is 499 g/mol. The summed E-state index contributed by atoms with van der Waals surface area (Å²) < 4.78 is 76.6.